The number of aryl methyl sites for hydroxylation is 1. The molecule has 0 saturated carbocycles. The highest BCUT2D eigenvalue weighted by molar-refractivity contribution is 5.41. The third-order valence-electron chi connectivity index (χ3n) is 2.27. The fourth-order valence-corrected chi connectivity index (χ4v) is 1.59. The maximum absolute atomic E-state index is 5.53. The minimum absolute atomic E-state index is 0.540. The molecule has 1 aromatic carbocycles. The number of ether oxygens (including phenoxy) is 2. The lowest BCUT2D eigenvalue weighted by atomic mass is 10.1. The lowest BCUT2D eigenvalue weighted by Gasteiger charge is -2.17. The summed E-state index contributed by atoms with van der Waals surface area (Å²) in [5.41, 5.74) is 6.63. The lowest BCUT2D eigenvalue weighted by molar-refractivity contribution is 0.282. The molecule has 0 fully saturated rings. The normalized spacial score (nSPS) is 14.4. The van der Waals surface area contributed by atoms with Gasteiger partial charge in [0.25, 0.3) is 0 Å². The Kier molecular flexibility index (Phi) is 2.89. The molecule has 1 aliphatic heterocycles. The highest BCUT2D eigenvalue weighted by Gasteiger charge is 2.10. The fraction of sp³-hybridized carbons (Fsp3) is 0.455. The zero-order valence-corrected chi connectivity index (χ0v) is 8.16. The summed E-state index contributed by atoms with van der Waals surface area (Å²) in [4.78, 5) is 0. The van der Waals surface area contributed by atoms with E-state index in [0.717, 1.165) is 30.9 Å². The maximum Gasteiger partial charge on any atom is 0.126 e. The van der Waals surface area contributed by atoms with Crippen molar-refractivity contribution in [2.24, 2.45) is 5.73 Å². The molecule has 76 valence electrons. The SMILES string of the molecule is NCCOc1ccc2c(c1)OCCC2. The second-order valence-corrected chi connectivity index (χ2v) is 3.36. The van der Waals surface area contributed by atoms with Crippen molar-refractivity contribution in [1.82, 2.24) is 0 Å². The van der Waals surface area contributed by atoms with Gasteiger partial charge in [-0.2, -0.15) is 0 Å². The summed E-state index contributed by atoms with van der Waals surface area (Å²) in [6.07, 6.45) is 2.21. The number of rotatable bonds is 3. The average Bonchev–Trinajstić information content (AvgIpc) is 2.26. The molecular weight excluding hydrogens is 178 g/mol. The quantitative estimate of drug-likeness (QED) is 0.788. The third-order valence-corrected chi connectivity index (χ3v) is 2.27. The molecule has 2 rings (SSSR count). The van der Waals surface area contributed by atoms with Crippen LogP contribution in [0.25, 0.3) is 0 Å². The topological polar surface area (TPSA) is 44.5 Å². The van der Waals surface area contributed by atoms with Crippen LogP contribution in [0.2, 0.25) is 0 Å². The predicted octanol–water partition coefficient (Wildman–Crippen LogP) is 1.35. The molecule has 1 aromatic rings. The Morgan fingerprint density at radius 1 is 1.43 bits per heavy atom. The Balaban J connectivity index is 2.12. The van der Waals surface area contributed by atoms with Gasteiger partial charge in [-0.1, -0.05) is 6.07 Å². The fourth-order valence-electron chi connectivity index (χ4n) is 1.59. The Morgan fingerprint density at radius 2 is 2.36 bits per heavy atom. The zero-order chi connectivity index (χ0) is 9.80. The minimum atomic E-state index is 0.540. The second-order valence-electron chi connectivity index (χ2n) is 3.36. The van der Waals surface area contributed by atoms with Gasteiger partial charge in [-0.25, -0.2) is 0 Å². The Labute approximate surface area is 83.8 Å². The number of fused-ring (bicyclic) bond motifs is 1. The molecule has 14 heavy (non-hydrogen) atoms. The molecule has 1 aliphatic rings. The van der Waals surface area contributed by atoms with E-state index in [4.69, 9.17) is 15.2 Å². The van der Waals surface area contributed by atoms with Gasteiger partial charge < -0.3 is 15.2 Å². The largest absolute Gasteiger partial charge is 0.493 e. The molecule has 1 heterocycles. The van der Waals surface area contributed by atoms with Crippen LogP contribution in [0.5, 0.6) is 11.5 Å². The number of hydrogen-bond acceptors (Lipinski definition) is 3. The number of hydrogen-bond donors (Lipinski definition) is 1. The van der Waals surface area contributed by atoms with Crippen molar-refractivity contribution in [2.45, 2.75) is 12.8 Å². The molecule has 0 radical (unpaired) electrons. The molecule has 0 amide bonds. The number of nitrogens with two attached hydrogens (primary N) is 1. The van der Waals surface area contributed by atoms with Gasteiger partial charge in [0.05, 0.1) is 6.61 Å². The van der Waals surface area contributed by atoms with E-state index in [1.54, 1.807) is 0 Å². The monoisotopic (exact) mass is 193 g/mol. The van der Waals surface area contributed by atoms with Gasteiger partial charge in [0.1, 0.15) is 18.1 Å². The van der Waals surface area contributed by atoms with Crippen LogP contribution in [0, 0.1) is 0 Å². The van der Waals surface area contributed by atoms with Crippen LogP contribution in [-0.2, 0) is 6.42 Å². The highest BCUT2D eigenvalue weighted by Crippen LogP contribution is 2.28. The highest BCUT2D eigenvalue weighted by atomic mass is 16.5. The summed E-state index contributed by atoms with van der Waals surface area (Å²) < 4.78 is 10.9. The second kappa shape index (κ2) is 4.33. The summed E-state index contributed by atoms with van der Waals surface area (Å²) in [5.74, 6) is 1.81. The summed E-state index contributed by atoms with van der Waals surface area (Å²) in [6, 6.07) is 5.99. The van der Waals surface area contributed by atoms with Gasteiger partial charge >= 0.3 is 0 Å². The van der Waals surface area contributed by atoms with E-state index in [-0.39, 0.29) is 0 Å². The van der Waals surface area contributed by atoms with Crippen molar-refractivity contribution in [3.8, 4) is 11.5 Å². The van der Waals surface area contributed by atoms with Crippen molar-refractivity contribution in [3.63, 3.8) is 0 Å². The maximum atomic E-state index is 5.53. The van der Waals surface area contributed by atoms with Crippen LogP contribution in [0.15, 0.2) is 18.2 Å². The van der Waals surface area contributed by atoms with Crippen molar-refractivity contribution >= 4 is 0 Å². The molecular formula is C11H15NO2. The first-order valence-electron chi connectivity index (χ1n) is 4.99. The minimum Gasteiger partial charge on any atom is -0.493 e. The van der Waals surface area contributed by atoms with Gasteiger partial charge in [0.15, 0.2) is 0 Å². The van der Waals surface area contributed by atoms with Crippen LogP contribution in [-0.4, -0.2) is 19.8 Å². The molecule has 0 atom stereocenters. The van der Waals surface area contributed by atoms with Crippen LogP contribution in [0.4, 0.5) is 0 Å². The van der Waals surface area contributed by atoms with Crippen LogP contribution >= 0.6 is 0 Å². The van der Waals surface area contributed by atoms with Crippen molar-refractivity contribution in [1.29, 1.82) is 0 Å². The zero-order valence-electron chi connectivity index (χ0n) is 8.16. The van der Waals surface area contributed by atoms with Crippen molar-refractivity contribution < 1.29 is 9.47 Å². The Bertz CT molecular complexity index is 312. The van der Waals surface area contributed by atoms with Crippen molar-refractivity contribution in [3.05, 3.63) is 23.8 Å². The van der Waals surface area contributed by atoms with E-state index in [1.165, 1.54) is 5.56 Å². The van der Waals surface area contributed by atoms with Gasteiger partial charge in [0, 0.05) is 12.6 Å². The molecule has 0 unspecified atom stereocenters. The van der Waals surface area contributed by atoms with E-state index in [2.05, 4.69) is 6.07 Å². The summed E-state index contributed by atoms with van der Waals surface area (Å²) in [5, 5.41) is 0. The van der Waals surface area contributed by atoms with Gasteiger partial charge in [0.2, 0.25) is 0 Å². The summed E-state index contributed by atoms with van der Waals surface area (Å²) in [7, 11) is 0. The molecule has 2 N–H and O–H groups in total. The first-order valence-corrected chi connectivity index (χ1v) is 4.99. The van der Waals surface area contributed by atoms with Crippen LogP contribution in [0.1, 0.15) is 12.0 Å². The Hall–Kier alpha value is -1.22. The van der Waals surface area contributed by atoms with Crippen molar-refractivity contribution in [2.75, 3.05) is 19.8 Å². The molecule has 0 spiro atoms. The van der Waals surface area contributed by atoms with E-state index >= 15 is 0 Å². The van der Waals surface area contributed by atoms with Crippen LogP contribution < -0.4 is 15.2 Å². The van der Waals surface area contributed by atoms with Gasteiger partial charge in [-0.05, 0) is 24.5 Å². The van der Waals surface area contributed by atoms with Gasteiger partial charge in [-0.15, -0.1) is 0 Å². The lowest BCUT2D eigenvalue weighted by Crippen LogP contribution is -2.12. The van der Waals surface area contributed by atoms with E-state index in [9.17, 15) is 0 Å². The third kappa shape index (κ3) is 1.99. The predicted molar refractivity (Wildman–Crippen MR) is 54.8 cm³/mol. The number of benzene rings is 1. The Morgan fingerprint density at radius 3 is 3.21 bits per heavy atom. The molecule has 0 aromatic heterocycles. The molecule has 0 bridgehead atoms. The molecule has 0 aliphatic carbocycles. The first kappa shape index (κ1) is 9.34. The smallest absolute Gasteiger partial charge is 0.126 e. The average molecular weight is 193 g/mol. The summed E-state index contributed by atoms with van der Waals surface area (Å²) in [6.45, 7) is 1.91. The van der Waals surface area contributed by atoms with E-state index < -0.39 is 0 Å². The standard InChI is InChI=1S/C11H15NO2/c12-5-7-13-10-4-3-9-2-1-6-14-11(9)8-10/h3-4,8H,1-2,5-7,12H2. The summed E-state index contributed by atoms with van der Waals surface area (Å²) >= 11 is 0. The molecule has 0 saturated heterocycles. The van der Waals surface area contributed by atoms with E-state index in [1.807, 2.05) is 12.1 Å². The van der Waals surface area contributed by atoms with Gasteiger partial charge in [-0.3, -0.25) is 0 Å². The molecule has 3 nitrogen and oxygen atoms in total. The van der Waals surface area contributed by atoms with E-state index in [0.29, 0.717) is 13.2 Å². The van der Waals surface area contributed by atoms with Crippen LogP contribution in [0.3, 0.4) is 0 Å². The first-order chi connectivity index (χ1) is 6.90. The molecule has 3 heteroatoms.